The molecule has 0 aromatic rings. The van der Waals surface area contributed by atoms with E-state index in [9.17, 15) is 30.0 Å². The van der Waals surface area contributed by atoms with Crippen molar-refractivity contribution in [2.45, 2.75) is 96.2 Å². The maximum Gasteiger partial charge on any atom is 0.330 e. The second-order valence-corrected chi connectivity index (χ2v) is 9.21. The van der Waals surface area contributed by atoms with Crippen LogP contribution in [-0.4, -0.2) is 81.2 Å². The lowest BCUT2D eigenvalue weighted by Gasteiger charge is -2.39. The van der Waals surface area contributed by atoms with Crippen LogP contribution in [0.5, 0.6) is 0 Å². The predicted octanol–water partition coefficient (Wildman–Crippen LogP) is 1.96. The molecule has 1 rings (SSSR count). The molecule has 1 saturated heterocycles. The first kappa shape index (κ1) is 30.3. The first-order valence-corrected chi connectivity index (χ1v) is 12.1. The zero-order valence-electron chi connectivity index (χ0n) is 20.5. The van der Waals surface area contributed by atoms with Gasteiger partial charge in [-0.3, -0.25) is 4.79 Å². The fourth-order valence-corrected chi connectivity index (χ4v) is 3.67. The van der Waals surface area contributed by atoms with Crippen molar-refractivity contribution in [3.05, 3.63) is 23.8 Å². The number of hydrogen-bond acceptors (Lipinski definition) is 8. The van der Waals surface area contributed by atoms with Gasteiger partial charge in [-0.1, -0.05) is 38.3 Å². The maximum atomic E-state index is 12.0. The van der Waals surface area contributed by atoms with E-state index in [0.717, 1.165) is 25.3 Å². The highest BCUT2D eigenvalue weighted by atomic mass is 16.5. The number of carbonyl (C=O) groups is 2. The van der Waals surface area contributed by atoms with Crippen LogP contribution in [0.2, 0.25) is 0 Å². The third-order valence-corrected chi connectivity index (χ3v) is 6.21. The summed E-state index contributed by atoms with van der Waals surface area (Å²) >= 11 is 0. The SMILES string of the molecule is C/C(=C\C(=O)OCCCCCCCC(=O)O)[C@@H](O)[C@@H]1OC[C@H](C/C=C/[C@@H](C)[C@H](C)O)[C@@H](O)[C@H]1O. The number of carbonyl (C=O) groups excluding carboxylic acids is 1. The molecule has 1 heterocycles. The number of unbranched alkanes of at least 4 members (excludes halogenated alkanes) is 4. The first-order chi connectivity index (χ1) is 16.0. The summed E-state index contributed by atoms with van der Waals surface area (Å²) in [7, 11) is 0. The Kier molecular flexibility index (Phi) is 14.2. The van der Waals surface area contributed by atoms with Crippen molar-refractivity contribution in [2.75, 3.05) is 13.2 Å². The van der Waals surface area contributed by atoms with Gasteiger partial charge >= 0.3 is 11.9 Å². The quantitative estimate of drug-likeness (QED) is 0.101. The minimum Gasteiger partial charge on any atom is -0.481 e. The summed E-state index contributed by atoms with van der Waals surface area (Å²) in [5.74, 6) is -1.79. The van der Waals surface area contributed by atoms with Crippen molar-refractivity contribution in [3.8, 4) is 0 Å². The van der Waals surface area contributed by atoms with Crippen molar-refractivity contribution in [1.29, 1.82) is 0 Å². The highest BCUT2D eigenvalue weighted by molar-refractivity contribution is 5.82. The minimum absolute atomic E-state index is 0.0301. The van der Waals surface area contributed by atoms with Gasteiger partial charge in [0.05, 0.1) is 25.4 Å². The second kappa shape index (κ2) is 16.0. The monoisotopic (exact) mass is 486 g/mol. The molecule has 0 radical (unpaired) electrons. The molecule has 9 nitrogen and oxygen atoms in total. The highest BCUT2D eigenvalue weighted by Crippen LogP contribution is 2.27. The van der Waals surface area contributed by atoms with Crippen LogP contribution in [0.1, 0.15) is 65.7 Å². The normalized spacial score (nSPS) is 26.3. The fourth-order valence-electron chi connectivity index (χ4n) is 3.67. The lowest BCUT2D eigenvalue weighted by molar-refractivity contribution is -0.187. The first-order valence-electron chi connectivity index (χ1n) is 12.1. The third-order valence-electron chi connectivity index (χ3n) is 6.21. The van der Waals surface area contributed by atoms with E-state index >= 15 is 0 Å². The van der Waals surface area contributed by atoms with Gasteiger partial charge in [-0.2, -0.15) is 0 Å². The van der Waals surface area contributed by atoms with Crippen molar-refractivity contribution in [2.24, 2.45) is 11.8 Å². The van der Waals surface area contributed by atoms with Gasteiger partial charge in [0.2, 0.25) is 0 Å². The number of aliphatic hydroxyl groups excluding tert-OH is 4. The van der Waals surface area contributed by atoms with Crippen LogP contribution in [0.4, 0.5) is 0 Å². The highest BCUT2D eigenvalue weighted by Gasteiger charge is 2.41. The predicted molar refractivity (Wildman–Crippen MR) is 126 cm³/mol. The zero-order valence-corrected chi connectivity index (χ0v) is 20.5. The Bertz CT molecular complexity index is 673. The summed E-state index contributed by atoms with van der Waals surface area (Å²) in [6.07, 6.45) is 4.04. The molecule has 1 aliphatic heterocycles. The summed E-state index contributed by atoms with van der Waals surface area (Å²) in [6, 6.07) is 0. The average molecular weight is 487 g/mol. The molecule has 1 aliphatic rings. The van der Waals surface area contributed by atoms with E-state index < -0.39 is 42.5 Å². The molecule has 0 saturated carbocycles. The van der Waals surface area contributed by atoms with Crippen molar-refractivity contribution in [1.82, 2.24) is 0 Å². The summed E-state index contributed by atoms with van der Waals surface area (Å²) in [6.45, 7) is 5.46. The summed E-state index contributed by atoms with van der Waals surface area (Å²) in [5.41, 5.74) is 0.263. The van der Waals surface area contributed by atoms with Crippen LogP contribution in [0.3, 0.4) is 0 Å². The fraction of sp³-hybridized carbons (Fsp3) is 0.760. The van der Waals surface area contributed by atoms with Crippen LogP contribution in [0.15, 0.2) is 23.8 Å². The number of esters is 1. The molecule has 0 aromatic heterocycles. The molecule has 0 amide bonds. The third kappa shape index (κ3) is 11.1. The molecular formula is C25H42O9. The summed E-state index contributed by atoms with van der Waals surface area (Å²) in [5, 5.41) is 49.6. The van der Waals surface area contributed by atoms with E-state index in [1.807, 2.05) is 19.1 Å². The largest absolute Gasteiger partial charge is 0.481 e. The Morgan fingerprint density at radius 2 is 1.71 bits per heavy atom. The van der Waals surface area contributed by atoms with E-state index in [-0.39, 0.29) is 37.0 Å². The Balaban J connectivity index is 2.41. The molecule has 5 N–H and O–H groups in total. The van der Waals surface area contributed by atoms with E-state index in [1.165, 1.54) is 6.92 Å². The number of ether oxygens (including phenoxy) is 2. The average Bonchev–Trinajstić information content (AvgIpc) is 2.77. The molecule has 34 heavy (non-hydrogen) atoms. The molecule has 0 bridgehead atoms. The molecule has 0 spiro atoms. The van der Waals surface area contributed by atoms with Crippen LogP contribution in [0, 0.1) is 11.8 Å². The topological polar surface area (TPSA) is 154 Å². The number of rotatable bonds is 15. The van der Waals surface area contributed by atoms with Crippen molar-refractivity contribution >= 4 is 11.9 Å². The Morgan fingerprint density at radius 3 is 2.35 bits per heavy atom. The zero-order chi connectivity index (χ0) is 25.7. The van der Waals surface area contributed by atoms with Crippen molar-refractivity contribution < 1.29 is 44.6 Å². The van der Waals surface area contributed by atoms with E-state index in [1.54, 1.807) is 6.92 Å². The number of carboxylic acid groups (broad SMARTS) is 1. The van der Waals surface area contributed by atoms with Crippen molar-refractivity contribution in [3.63, 3.8) is 0 Å². The molecule has 196 valence electrons. The molecule has 0 unspecified atom stereocenters. The number of aliphatic hydroxyl groups is 4. The van der Waals surface area contributed by atoms with Crippen LogP contribution < -0.4 is 0 Å². The van der Waals surface area contributed by atoms with Gasteiger partial charge in [-0.05, 0) is 44.6 Å². The smallest absolute Gasteiger partial charge is 0.330 e. The molecule has 1 fully saturated rings. The van der Waals surface area contributed by atoms with Gasteiger partial charge in [0.1, 0.15) is 18.3 Å². The second-order valence-electron chi connectivity index (χ2n) is 9.21. The molecule has 0 aromatic carbocycles. The standard InChI is InChI=1S/C25H42O9/c1-16(18(3)26)10-9-11-19-15-34-25(24(32)23(19)31)22(30)17(2)14-21(29)33-13-8-6-4-5-7-12-20(27)28/h9-10,14,16,18-19,22-26,30-32H,4-8,11-13,15H2,1-3H3,(H,27,28)/b10-9+,17-14+/t16-,18+,19+,22-,23-,24-,25+/m1/s1. The minimum atomic E-state index is -1.32. The number of allylic oxidation sites excluding steroid dienone is 1. The maximum absolute atomic E-state index is 12.0. The lowest BCUT2D eigenvalue weighted by Crippen LogP contribution is -2.54. The number of carboxylic acids is 1. The van der Waals surface area contributed by atoms with Gasteiger partial charge in [0.15, 0.2) is 0 Å². The molecule has 9 heteroatoms. The van der Waals surface area contributed by atoms with E-state index in [0.29, 0.717) is 19.3 Å². The van der Waals surface area contributed by atoms with Gasteiger partial charge in [-0.25, -0.2) is 4.79 Å². The summed E-state index contributed by atoms with van der Waals surface area (Å²) in [4.78, 5) is 22.5. The Hall–Kier alpha value is -1.78. The van der Waals surface area contributed by atoms with Gasteiger partial charge in [-0.15, -0.1) is 0 Å². The summed E-state index contributed by atoms with van der Waals surface area (Å²) < 4.78 is 10.8. The molecule has 0 aliphatic carbocycles. The van der Waals surface area contributed by atoms with Crippen LogP contribution in [-0.2, 0) is 19.1 Å². The van der Waals surface area contributed by atoms with E-state index in [4.69, 9.17) is 14.6 Å². The van der Waals surface area contributed by atoms with Gasteiger partial charge < -0.3 is 35.0 Å². The lowest BCUT2D eigenvalue weighted by atomic mass is 9.86. The Labute approximate surface area is 202 Å². The number of aliphatic carboxylic acids is 1. The van der Waals surface area contributed by atoms with Gasteiger partial charge in [0, 0.05) is 18.4 Å². The molecular weight excluding hydrogens is 444 g/mol. The Morgan fingerprint density at radius 1 is 1.06 bits per heavy atom. The van der Waals surface area contributed by atoms with Crippen LogP contribution in [0.25, 0.3) is 0 Å². The van der Waals surface area contributed by atoms with Gasteiger partial charge in [0.25, 0.3) is 0 Å². The molecule has 7 atom stereocenters. The number of hydrogen-bond donors (Lipinski definition) is 5. The van der Waals surface area contributed by atoms with Crippen LogP contribution >= 0.6 is 0 Å². The van der Waals surface area contributed by atoms with E-state index in [2.05, 4.69) is 0 Å².